The van der Waals surface area contributed by atoms with Gasteiger partial charge in [0.25, 0.3) is 11.8 Å². The van der Waals surface area contributed by atoms with Gasteiger partial charge in [0.15, 0.2) is 5.82 Å². The van der Waals surface area contributed by atoms with Gasteiger partial charge in [0.2, 0.25) is 0 Å². The molecule has 6 heterocycles. The number of hydrogen-bond donors (Lipinski definition) is 1. The van der Waals surface area contributed by atoms with Gasteiger partial charge in [-0.3, -0.25) is 9.59 Å². The molecular weight excluding hydrogens is 642 g/mol. The number of carbonyl (C=O) groups excluding carboxylic acids is 2. The first-order valence-corrected chi connectivity index (χ1v) is 18.1. The average Bonchev–Trinajstić information content (AvgIpc) is 3.53. The highest BCUT2D eigenvalue weighted by Crippen LogP contribution is 2.41. The second-order valence-corrected chi connectivity index (χ2v) is 14.8. The fourth-order valence-corrected chi connectivity index (χ4v) is 8.73. The number of imidazole rings is 1. The van der Waals surface area contributed by atoms with E-state index in [9.17, 15) is 14.9 Å². The first-order valence-electron chi connectivity index (χ1n) is 18.1. The van der Waals surface area contributed by atoms with Crippen molar-refractivity contribution in [3.8, 4) is 23.3 Å². The molecule has 5 aromatic rings. The van der Waals surface area contributed by atoms with Crippen LogP contribution in [0.2, 0.25) is 0 Å². The van der Waals surface area contributed by atoms with E-state index in [1.807, 2.05) is 40.3 Å². The summed E-state index contributed by atoms with van der Waals surface area (Å²) in [5, 5.41) is 10.3. The smallest absolute Gasteiger partial charge is 0.254 e. The maximum absolute atomic E-state index is 14.0. The van der Waals surface area contributed by atoms with Crippen molar-refractivity contribution in [1.82, 2.24) is 33.9 Å². The molecule has 2 bridgehead atoms. The lowest BCUT2D eigenvalue weighted by molar-refractivity contribution is 0.0680. The number of benzene rings is 1. The Morgan fingerprint density at radius 2 is 1.73 bits per heavy atom. The second kappa shape index (κ2) is 12.5. The number of nitriles is 1. The second-order valence-electron chi connectivity index (χ2n) is 14.8. The number of amides is 2. The summed E-state index contributed by atoms with van der Waals surface area (Å²) >= 11 is 0. The van der Waals surface area contributed by atoms with Crippen LogP contribution in [0.5, 0.6) is 5.75 Å². The molecule has 2 amide bonds. The van der Waals surface area contributed by atoms with Crippen LogP contribution in [0.1, 0.15) is 64.9 Å². The summed E-state index contributed by atoms with van der Waals surface area (Å²) in [7, 11) is 1.66. The zero-order chi connectivity index (χ0) is 34.8. The number of carbonyl (C=O) groups is 2. The minimum absolute atomic E-state index is 0.0193. The number of likely N-dealkylation sites (tertiary alicyclic amines) is 2. The molecule has 51 heavy (non-hydrogen) atoms. The van der Waals surface area contributed by atoms with E-state index in [1.54, 1.807) is 19.2 Å². The van der Waals surface area contributed by atoms with Crippen molar-refractivity contribution in [2.75, 3.05) is 26.7 Å². The standard InChI is InChI=1S/C39H41N9O3/c1-51-33-18-28(39(50)47-22-27-6-7-31(47)34(27)41)16-30-35(33)48(21-24-9-13-45(14-10-24)38(49)26-8-12-42-29(15-26)19-40)37(44-30)32-17-25-3-2-11-43-36(25)46(32)20-23-4-5-23/h2-3,8,11-12,15-18,23-24,27,31,34H,4-7,9-10,13-14,20-22,41H2,1H3/t27-,31-,34-/m1/s1. The number of ether oxygens (including phenoxy) is 1. The molecule has 4 fully saturated rings. The fraction of sp³-hybridized carbons (Fsp3) is 0.436. The van der Waals surface area contributed by atoms with Gasteiger partial charge in [-0.1, -0.05) is 0 Å². The van der Waals surface area contributed by atoms with E-state index in [1.165, 1.54) is 19.0 Å². The average molecular weight is 684 g/mol. The van der Waals surface area contributed by atoms with Gasteiger partial charge in [-0.2, -0.15) is 5.26 Å². The largest absolute Gasteiger partial charge is 0.494 e. The molecule has 9 rings (SSSR count). The summed E-state index contributed by atoms with van der Waals surface area (Å²) in [5.41, 5.74) is 11.3. The van der Waals surface area contributed by atoms with Gasteiger partial charge in [0.1, 0.15) is 28.7 Å². The van der Waals surface area contributed by atoms with Crippen molar-refractivity contribution >= 4 is 33.9 Å². The fourth-order valence-electron chi connectivity index (χ4n) is 8.73. The Morgan fingerprint density at radius 1 is 0.922 bits per heavy atom. The third kappa shape index (κ3) is 5.51. The Balaban J connectivity index is 1.09. The van der Waals surface area contributed by atoms with Crippen LogP contribution in [-0.2, 0) is 13.1 Å². The van der Waals surface area contributed by atoms with E-state index in [0.717, 1.165) is 65.8 Å². The maximum atomic E-state index is 14.0. The summed E-state index contributed by atoms with van der Waals surface area (Å²) in [5.74, 6) is 2.59. The molecule has 4 aromatic heterocycles. The van der Waals surface area contributed by atoms with Crippen LogP contribution in [0.25, 0.3) is 33.6 Å². The summed E-state index contributed by atoms with van der Waals surface area (Å²) in [6.45, 7) is 3.46. The Kier molecular flexibility index (Phi) is 7.76. The third-order valence-electron chi connectivity index (χ3n) is 11.7. The van der Waals surface area contributed by atoms with E-state index in [2.05, 4.69) is 26.3 Å². The van der Waals surface area contributed by atoms with Gasteiger partial charge >= 0.3 is 0 Å². The summed E-state index contributed by atoms with van der Waals surface area (Å²) < 4.78 is 10.7. The summed E-state index contributed by atoms with van der Waals surface area (Å²) in [6.07, 6.45) is 9.42. The monoisotopic (exact) mass is 683 g/mol. The van der Waals surface area contributed by atoms with Crippen LogP contribution in [0.15, 0.2) is 54.9 Å². The minimum Gasteiger partial charge on any atom is -0.494 e. The molecule has 1 aromatic carbocycles. The number of nitrogens with two attached hydrogens (primary N) is 1. The molecular formula is C39H41N9O3. The van der Waals surface area contributed by atoms with E-state index in [4.69, 9.17) is 20.4 Å². The van der Waals surface area contributed by atoms with Crippen molar-refractivity contribution in [2.45, 2.75) is 63.7 Å². The van der Waals surface area contributed by atoms with E-state index in [0.29, 0.717) is 54.9 Å². The number of pyridine rings is 2. The van der Waals surface area contributed by atoms with E-state index in [-0.39, 0.29) is 35.5 Å². The lowest BCUT2D eigenvalue weighted by atomic mass is 9.96. The van der Waals surface area contributed by atoms with Gasteiger partial charge in [0, 0.05) is 73.7 Å². The molecule has 2 N–H and O–H groups in total. The van der Waals surface area contributed by atoms with E-state index < -0.39 is 0 Å². The number of hydrogen-bond acceptors (Lipinski definition) is 8. The predicted molar refractivity (Wildman–Crippen MR) is 191 cm³/mol. The Bertz CT molecular complexity index is 2220. The molecule has 2 saturated heterocycles. The number of methoxy groups -OCH3 is 1. The highest BCUT2D eigenvalue weighted by Gasteiger charge is 2.47. The number of aromatic nitrogens is 5. The highest BCUT2D eigenvalue weighted by atomic mass is 16.5. The first kappa shape index (κ1) is 31.7. The van der Waals surface area contributed by atoms with Crippen molar-refractivity contribution in [3.63, 3.8) is 0 Å². The number of rotatable bonds is 8. The van der Waals surface area contributed by atoms with Crippen LogP contribution in [0.3, 0.4) is 0 Å². The van der Waals surface area contributed by atoms with Crippen molar-refractivity contribution < 1.29 is 14.3 Å². The first-order chi connectivity index (χ1) is 24.9. The minimum atomic E-state index is -0.0794. The topological polar surface area (TPSA) is 148 Å². The van der Waals surface area contributed by atoms with Gasteiger partial charge < -0.3 is 29.4 Å². The third-order valence-corrected chi connectivity index (χ3v) is 11.7. The molecule has 2 aliphatic carbocycles. The Hall–Kier alpha value is -5.28. The SMILES string of the molecule is COc1cc(C(=O)N2C[C@H]3CC[C@@H]2[C@@H]3N)cc2nc(-c3cc4cccnc4n3CC3CC3)n(CC3CCN(C(=O)c4ccnc(C#N)c4)CC3)c12. The number of nitrogens with zero attached hydrogens (tertiary/aromatic N) is 8. The molecule has 2 aliphatic heterocycles. The Labute approximate surface area is 295 Å². The highest BCUT2D eigenvalue weighted by molar-refractivity contribution is 6.00. The molecule has 0 radical (unpaired) electrons. The quantitative estimate of drug-likeness (QED) is 0.244. The molecule has 4 aliphatic rings. The van der Waals surface area contributed by atoms with Gasteiger partial charge in [-0.05, 0) is 98.7 Å². The van der Waals surface area contributed by atoms with Crippen LogP contribution in [0, 0.1) is 29.1 Å². The van der Waals surface area contributed by atoms with Gasteiger partial charge in [-0.15, -0.1) is 0 Å². The molecule has 260 valence electrons. The predicted octanol–water partition coefficient (Wildman–Crippen LogP) is 4.85. The van der Waals surface area contributed by atoms with Crippen molar-refractivity contribution in [2.24, 2.45) is 23.5 Å². The zero-order valence-corrected chi connectivity index (χ0v) is 28.7. The van der Waals surface area contributed by atoms with Crippen molar-refractivity contribution in [3.05, 3.63) is 71.7 Å². The van der Waals surface area contributed by atoms with Crippen LogP contribution in [0.4, 0.5) is 0 Å². The number of piperidine rings is 2. The maximum Gasteiger partial charge on any atom is 0.254 e. The van der Waals surface area contributed by atoms with Gasteiger partial charge in [0.05, 0.1) is 18.3 Å². The molecule has 12 heteroatoms. The van der Waals surface area contributed by atoms with Crippen molar-refractivity contribution in [1.29, 1.82) is 5.26 Å². The molecule has 2 saturated carbocycles. The van der Waals surface area contributed by atoms with E-state index >= 15 is 0 Å². The summed E-state index contributed by atoms with van der Waals surface area (Å²) in [6, 6.07) is 15.4. The van der Waals surface area contributed by atoms with Crippen LogP contribution >= 0.6 is 0 Å². The van der Waals surface area contributed by atoms with Gasteiger partial charge in [-0.25, -0.2) is 15.0 Å². The lowest BCUT2D eigenvalue weighted by Gasteiger charge is -2.32. The molecule has 0 spiro atoms. The number of fused-ring (bicyclic) bond motifs is 4. The molecule has 0 unspecified atom stereocenters. The normalized spacial score (nSPS) is 21.9. The lowest BCUT2D eigenvalue weighted by Crippen LogP contribution is -2.41. The van der Waals surface area contributed by atoms with Crippen LogP contribution < -0.4 is 10.5 Å². The summed E-state index contributed by atoms with van der Waals surface area (Å²) in [4.78, 5) is 45.3. The molecule has 3 atom stereocenters. The zero-order valence-electron chi connectivity index (χ0n) is 28.7. The van der Waals surface area contributed by atoms with Crippen LogP contribution in [-0.4, -0.2) is 84.5 Å². The Morgan fingerprint density at radius 3 is 2.45 bits per heavy atom. The molecule has 12 nitrogen and oxygen atoms in total.